The Bertz CT molecular complexity index is 382. The monoisotopic (exact) mass is 294 g/mol. The maximum absolute atomic E-state index is 10.4. The molecule has 0 unspecified atom stereocenters. The largest absolute Gasteiger partial charge is 0.481 e. The lowest BCUT2D eigenvalue weighted by Gasteiger charge is -2.00. The second-order valence-corrected chi connectivity index (χ2v) is 5.84. The first-order valence-corrected chi connectivity index (χ1v) is 8.51. The Morgan fingerprint density at radius 2 is 1.43 bits per heavy atom. The normalized spacial score (nSPS) is 10.9. The molecule has 0 bridgehead atoms. The van der Waals surface area contributed by atoms with E-state index in [-0.39, 0.29) is 0 Å². The third-order valence-corrected chi connectivity index (χ3v) is 3.81. The van der Waals surface area contributed by atoms with Gasteiger partial charge in [-0.2, -0.15) is 0 Å². The average Bonchev–Trinajstić information content (AvgIpc) is 2.90. The number of aliphatic carboxylic acids is 1. The number of unbranched alkanes of at least 4 members (excludes halogenated alkanes) is 7. The van der Waals surface area contributed by atoms with Crippen molar-refractivity contribution in [2.75, 3.05) is 0 Å². The van der Waals surface area contributed by atoms with Gasteiger partial charge in [0.2, 0.25) is 0 Å². The summed E-state index contributed by atoms with van der Waals surface area (Å²) >= 11 is 0. The van der Waals surface area contributed by atoms with Gasteiger partial charge in [-0.1, -0.05) is 45.4 Å². The molecule has 0 saturated carbocycles. The summed E-state index contributed by atoms with van der Waals surface area (Å²) in [5.41, 5.74) is 0. The minimum Gasteiger partial charge on any atom is -0.481 e. The van der Waals surface area contributed by atoms with Gasteiger partial charge >= 0.3 is 5.97 Å². The highest BCUT2D eigenvalue weighted by molar-refractivity contribution is 5.66. The second kappa shape index (κ2) is 11.4. The number of carbonyl (C=O) groups is 1. The van der Waals surface area contributed by atoms with Gasteiger partial charge in [-0.05, 0) is 31.4 Å². The first-order valence-electron chi connectivity index (χ1n) is 8.51. The van der Waals surface area contributed by atoms with Gasteiger partial charge in [0.1, 0.15) is 11.5 Å². The minimum atomic E-state index is -0.683. The zero-order chi connectivity index (χ0) is 15.3. The number of carboxylic acids is 1. The van der Waals surface area contributed by atoms with Crippen LogP contribution in [-0.4, -0.2) is 11.1 Å². The van der Waals surface area contributed by atoms with Crippen LogP contribution in [0.3, 0.4) is 0 Å². The van der Waals surface area contributed by atoms with Crippen LogP contribution in [0.2, 0.25) is 0 Å². The number of rotatable bonds is 13. The Kier molecular flexibility index (Phi) is 9.68. The smallest absolute Gasteiger partial charge is 0.303 e. The standard InChI is InChI=1S/C18H30O3/c1-2-3-4-8-11-16-14-15-17(21-16)12-9-6-5-7-10-13-18(19)20/h14-15H,2-13H2,1H3,(H,19,20). The molecule has 1 N–H and O–H groups in total. The van der Waals surface area contributed by atoms with Gasteiger partial charge in [0.15, 0.2) is 0 Å². The molecule has 1 aromatic heterocycles. The Balaban J connectivity index is 2.02. The van der Waals surface area contributed by atoms with Gasteiger partial charge < -0.3 is 9.52 Å². The van der Waals surface area contributed by atoms with Gasteiger partial charge in [0, 0.05) is 19.3 Å². The summed E-state index contributed by atoms with van der Waals surface area (Å²) in [6, 6.07) is 4.23. The third kappa shape index (κ3) is 9.33. The molecule has 0 saturated heterocycles. The molecule has 0 aliphatic heterocycles. The van der Waals surface area contributed by atoms with Crippen LogP contribution in [0.25, 0.3) is 0 Å². The summed E-state index contributed by atoms with van der Waals surface area (Å²) in [4.78, 5) is 10.4. The van der Waals surface area contributed by atoms with Crippen LogP contribution in [0.4, 0.5) is 0 Å². The molecule has 3 nitrogen and oxygen atoms in total. The van der Waals surface area contributed by atoms with Gasteiger partial charge in [0.25, 0.3) is 0 Å². The number of hydrogen-bond donors (Lipinski definition) is 1. The van der Waals surface area contributed by atoms with Crippen LogP contribution in [0.5, 0.6) is 0 Å². The lowest BCUT2D eigenvalue weighted by atomic mass is 10.1. The topological polar surface area (TPSA) is 50.4 Å². The van der Waals surface area contributed by atoms with Crippen LogP contribution in [0.1, 0.15) is 82.7 Å². The Labute approximate surface area is 128 Å². The fourth-order valence-corrected chi connectivity index (χ4v) is 2.52. The fraction of sp³-hybridized carbons (Fsp3) is 0.722. The van der Waals surface area contributed by atoms with Gasteiger partial charge in [-0.25, -0.2) is 0 Å². The zero-order valence-corrected chi connectivity index (χ0v) is 13.4. The van der Waals surface area contributed by atoms with E-state index in [9.17, 15) is 4.79 Å². The van der Waals surface area contributed by atoms with Crippen molar-refractivity contribution in [3.8, 4) is 0 Å². The molecule has 0 aliphatic carbocycles. The molecule has 0 aliphatic rings. The first-order chi connectivity index (χ1) is 10.2. The highest BCUT2D eigenvalue weighted by atomic mass is 16.4. The Morgan fingerprint density at radius 3 is 2.00 bits per heavy atom. The summed E-state index contributed by atoms with van der Waals surface area (Å²) in [6.45, 7) is 2.23. The summed E-state index contributed by atoms with van der Waals surface area (Å²) < 4.78 is 5.85. The van der Waals surface area contributed by atoms with E-state index in [1.165, 1.54) is 25.7 Å². The van der Waals surface area contributed by atoms with E-state index >= 15 is 0 Å². The Morgan fingerprint density at radius 1 is 0.905 bits per heavy atom. The van der Waals surface area contributed by atoms with E-state index in [4.69, 9.17) is 9.52 Å². The Hall–Kier alpha value is -1.25. The number of aryl methyl sites for hydroxylation is 2. The van der Waals surface area contributed by atoms with Crippen molar-refractivity contribution in [3.05, 3.63) is 23.7 Å². The van der Waals surface area contributed by atoms with E-state index in [2.05, 4.69) is 19.1 Å². The third-order valence-electron chi connectivity index (χ3n) is 3.81. The van der Waals surface area contributed by atoms with E-state index in [1.54, 1.807) is 0 Å². The van der Waals surface area contributed by atoms with E-state index in [0.29, 0.717) is 6.42 Å². The molecule has 120 valence electrons. The zero-order valence-electron chi connectivity index (χ0n) is 13.4. The molecule has 0 atom stereocenters. The SMILES string of the molecule is CCCCCCc1ccc(CCCCCCCC(=O)O)o1. The van der Waals surface area contributed by atoms with Crippen molar-refractivity contribution < 1.29 is 14.3 Å². The molecule has 3 heteroatoms. The summed E-state index contributed by atoms with van der Waals surface area (Å²) in [5.74, 6) is 1.55. The lowest BCUT2D eigenvalue weighted by Crippen LogP contribution is -1.93. The lowest BCUT2D eigenvalue weighted by molar-refractivity contribution is -0.137. The number of hydrogen-bond acceptors (Lipinski definition) is 2. The minimum absolute atomic E-state index is 0.305. The van der Waals surface area contributed by atoms with Crippen molar-refractivity contribution in [2.24, 2.45) is 0 Å². The van der Waals surface area contributed by atoms with Crippen molar-refractivity contribution in [3.63, 3.8) is 0 Å². The number of carboxylic acid groups (broad SMARTS) is 1. The molecule has 1 rings (SSSR count). The fourth-order valence-electron chi connectivity index (χ4n) is 2.52. The summed E-state index contributed by atoms with van der Waals surface area (Å²) in [5, 5.41) is 8.55. The molecular weight excluding hydrogens is 264 g/mol. The summed E-state index contributed by atoms with van der Waals surface area (Å²) in [7, 11) is 0. The van der Waals surface area contributed by atoms with Crippen LogP contribution in [-0.2, 0) is 17.6 Å². The van der Waals surface area contributed by atoms with E-state index < -0.39 is 5.97 Å². The van der Waals surface area contributed by atoms with Gasteiger partial charge in [-0.3, -0.25) is 4.79 Å². The highest BCUT2D eigenvalue weighted by Crippen LogP contribution is 2.15. The van der Waals surface area contributed by atoms with Gasteiger partial charge in [0.05, 0.1) is 0 Å². The molecule has 0 radical (unpaired) electrons. The molecular formula is C18H30O3. The molecule has 21 heavy (non-hydrogen) atoms. The van der Waals surface area contributed by atoms with Crippen LogP contribution < -0.4 is 0 Å². The van der Waals surface area contributed by atoms with Crippen LogP contribution in [0.15, 0.2) is 16.5 Å². The van der Waals surface area contributed by atoms with Crippen molar-refractivity contribution >= 4 is 5.97 Å². The van der Waals surface area contributed by atoms with Crippen molar-refractivity contribution in [2.45, 2.75) is 84.0 Å². The van der Waals surface area contributed by atoms with Crippen molar-refractivity contribution in [1.29, 1.82) is 0 Å². The van der Waals surface area contributed by atoms with E-state index in [1.807, 2.05) is 0 Å². The number of furan rings is 1. The predicted molar refractivity (Wildman–Crippen MR) is 85.6 cm³/mol. The quantitative estimate of drug-likeness (QED) is 0.497. The maximum Gasteiger partial charge on any atom is 0.303 e. The molecule has 0 amide bonds. The molecule has 0 fully saturated rings. The predicted octanol–water partition coefficient (Wildman–Crippen LogP) is 5.37. The van der Waals surface area contributed by atoms with Crippen LogP contribution in [0, 0.1) is 0 Å². The molecule has 1 aromatic rings. The maximum atomic E-state index is 10.4. The first kappa shape index (κ1) is 17.8. The van der Waals surface area contributed by atoms with Gasteiger partial charge in [-0.15, -0.1) is 0 Å². The van der Waals surface area contributed by atoms with Crippen LogP contribution >= 0.6 is 0 Å². The molecule has 0 aromatic carbocycles. The molecule has 0 spiro atoms. The van der Waals surface area contributed by atoms with E-state index in [0.717, 1.165) is 56.5 Å². The van der Waals surface area contributed by atoms with Crippen molar-refractivity contribution in [1.82, 2.24) is 0 Å². The summed E-state index contributed by atoms with van der Waals surface area (Å²) in [6.07, 6.45) is 12.7. The second-order valence-electron chi connectivity index (χ2n) is 5.84. The highest BCUT2D eigenvalue weighted by Gasteiger charge is 2.02. The average molecular weight is 294 g/mol. The molecule has 1 heterocycles.